The first-order chi connectivity index (χ1) is 7.74. The Kier molecular flexibility index (Phi) is 5.06. The van der Waals surface area contributed by atoms with Gasteiger partial charge in [0.2, 0.25) is 0 Å². The molecule has 0 spiro atoms. The van der Waals surface area contributed by atoms with Crippen LogP contribution < -0.4 is 4.72 Å². The smallest absolute Gasteiger partial charge is 0.206 e. The molecule has 1 aromatic rings. The molecular formula is C10H15BrClNO2S2. The first kappa shape index (κ1) is 15.4. The maximum atomic E-state index is 12.2. The summed E-state index contributed by atoms with van der Waals surface area (Å²) < 4.78 is 27.9. The second-order valence-electron chi connectivity index (χ2n) is 4.06. The third-order valence-electron chi connectivity index (χ3n) is 2.83. The van der Waals surface area contributed by atoms with Crippen LogP contribution >= 0.6 is 38.9 Å². The van der Waals surface area contributed by atoms with Crippen LogP contribution in [0.25, 0.3) is 0 Å². The van der Waals surface area contributed by atoms with Crippen LogP contribution in [0.2, 0.25) is 5.02 Å². The molecule has 0 bridgehead atoms. The van der Waals surface area contributed by atoms with Crippen molar-refractivity contribution < 1.29 is 8.42 Å². The quantitative estimate of drug-likeness (QED) is 0.862. The Bertz CT molecular complexity index is 475. The normalized spacial score (nSPS) is 13.0. The Hall–Kier alpha value is 0.380. The Balaban J connectivity index is 3.04. The maximum absolute atomic E-state index is 12.2. The van der Waals surface area contributed by atoms with E-state index in [1.54, 1.807) is 0 Å². The molecule has 0 saturated heterocycles. The molecule has 0 saturated carbocycles. The van der Waals surface area contributed by atoms with Gasteiger partial charge in [-0.3, -0.25) is 0 Å². The summed E-state index contributed by atoms with van der Waals surface area (Å²) in [5.74, 6) is 0. The van der Waals surface area contributed by atoms with E-state index < -0.39 is 15.6 Å². The molecule has 0 radical (unpaired) electrons. The van der Waals surface area contributed by atoms with Gasteiger partial charge in [-0.2, -0.15) is 0 Å². The molecule has 0 atom stereocenters. The fourth-order valence-corrected chi connectivity index (χ4v) is 5.18. The van der Waals surface area contributed by atoms with Crippen molar-refractivity contribution in [3.63, 3.8) is 0 Å². The van der Waals surface area contributed by atoms with Crippen molar-refractivity contribution in [2.24, 2.45) is 0 Å². The molecule has 98 valence electrons. The highest BCUT2D eigenvalue weighted by molar-refractivity contribution is 9.11. The molecule has 1 heterocycles. The lowest BCUT2D eigenvalue weighted by molar-refractivity contribution is 0.389. The van der Waals surface area contributed by atoms with Gasteiger partial charge in [0.05, 0.1) is 8.81 Å². The van der Waals surface area contributed by atoms with Crippen molar-refractivity contribution in [1.82, 2.24) is 4.72 Å². The molecule has 0 fully saturated rings. The Labute approximate surface area is 120 Å². The molecule has 0 aliphatic rings. The first-order valence-electron chi connectivity index (χ1n) is 5.23. The third-order valence-corrected chi connectivity index (χ3v) is 7.42. The molecule has 1 aromatic heterocycles. The van der Waals surface area contributed by atoms with Gasteiger partial charge >= 0.3 is 0 Å². The number of halogens is 2. The van der Waals surface area contributed by atoms with E-state index in [2.05, 4.69) is 20.7 Å². The van der Waals surface area contributed by atoms with Crippen LogP contribution in [0.3, 0.4) is 0 Å². The average molecular weight is 361 g/mol. The van der Waals surface area contributed by atoms with Crippen LogP contribution in [0.1, 0.15) is 33.6 Å². The van der Waals surface area contributed by atoms with E-state index in [1.807, 2.05) is 20.8 Å². The minimum atomic E-state index is -3.49. The van der Waals surface area contributed by atoms with E-state index in [0.717, 1.165) is 24.2 Å². The summed E-state index contributed by atoms with van der Waals surface area (Å²) in [6.45, 7) is 5.82. The van der Waals surface area contributed by atoms with Gasteiger partial charge in [-0.15, -0.1) is 11.3 Å². The van der Waals surface area contributed by atoms with Crippen molar-refractivity contribution >= 4 is 48.9 Å². The lowest BCUT2D eigenvalue weighted by atomic mass is 9.98. The Morgan fingerprint density at radius 3 is 2.35 bits per heavy atom. The number of nitrogens with one attached hydrogen (secondary N) is 1. The van der Waals surface area contributed by atoms with Gasteiger partial charge in [0.25, 0.3) is 10.0 Å². The molecule has 0 aromatic carbocycles. The molecule has 1 N–H and O–H groups in total. The van der Waals surface area contributed by atoms with E-state index in [4.69, 9.17) is 11.6 Å². The highest BCUT2D eigenvalue weighted by Gasteiger charge is 2.28. The number of hydrogen-bond donors (Lipinski definition) is 1. The molecule has 0 aliphatic heterocycles. The van der Waals surface area contributed by atoms with Crippen molar-refractivity contribution in [2.45, 2.75) is 43.4 Å². The van der Waals surface area contributed by atoms with Gasteiger partial charge < -0.3 is 0 Å². The van der Waals surface area contributed by atoms with Gasteiger partial charge in [0.15, 0.2) is 0 Å². The second-order valence-corrected chi connectivity index (χ2v) is 8.75. The van der Waals surface area contributed by atoms with Gasteiger partial charge in [0.1, 0.15) is 4.21 Å². The highest BCUT2D eigenvalue weighted by Crippen LogP contribution is 2.35. The van der Waals surface area contributed by atoms with Crippen LogP contribution in [0.15, 0.2) is 14.1 Å². The van der Waals surface area contributed by atoms with E-state index in [1.165, 1.54) is 6.07 Å². The largest absolute Gasteiger partial charge is 0.250 e. The second kappa shape index (κ2) is 5.57. The zero-order valence-corrected chi connectivity index (χ0v) is 13.9. The minimum Gasteiger partial charge on any atom is -0.206 e. The average Bonchev–Trinajstić information content (AvgIpc) is 2.59. The van der Waals surface area contributed by atoms with E-state index in [9.17, 15) is 8.42 Å². The maximum Gasteiger partial charge on any atom is 0.250 e. The molecule has 17 heavy (non-hydrogen) atoms. The topological polar surface area (TPSA) is 46.2 Å². The summed E-state index contributed by atoms with van der Waals surface area (Å²) in [5, 5.41) is 0.421. The van der Waals surface area contributed by atoms with Gasteiger partial charge in [-0.05, 0) is 41.8 Å². The van der Waals surface area contributed by atoms with Crippen LogP contribution in [0.5, 0.6) is 0 Å². The summed E-state index contributed by atoms with van der Waals surface area (Å²) in [6.07, 6.45) is 1.48. The van der Waals surface area contributed by atoms with Crippen LogP contribution in [-0.4, -0.2) is 14.0 Å². The number of thiophene rings is 1. The summed E-state index contributed by atoms with van der Waals surface area (Å²) in [6, 6.07) is 1.46. The third kappa shape index (κ3) is 3.67. The van der Waals surface area contributed by atoms with E-state index >= 15 is 0 Å². The van der Waals surface area contributed by atoms with Gasteiger partial charge in [-0.1, -0.05) is 25.4 Å². The first-order valence-corrected chi connectivity index (χ1v) is 8.70. The van der Waals surface area contributed by atoms with Gasteiger partial charge in [0, 0.05) is 5.54 Å². The zero-order valence-electron chi connectivity index (χ0n) is 9.88. The van der Waals surface area contributed by atoms with Crippen molar-refractivity contribution in [1.29, 1.82) is 0 Å². The van der Waals surface area contributed by atoms with E-state index in [-0.39, 0.29) is 4.21 Å². The van der Waals surface area contributed by atoms with Crippen molar-refractivity contribution in [3.05, 3.63) is 14.9 Å². The molecule has 7 heteroatoms. The summed E-state index contributed by atoms with van der Waals surface area (Å²) >= 11 is 10.2. The predicted octanol–water partition coefficient (Wildman–Crippen LogP) is 4.02. The predicted molar refractivity (Wildman–Crippen MR) is 76.3 cm³/mol. The van der Waals surface area contributed by atoms with Crippen molar-refractivity contribution in [2.75, 3.05) is 0 Å². The Morgan fingerprint density at radius 1 is 1.47 bits per heavy atom. The molecule has 0 unspecified atom stereocenters. The summed E-state index contributed by atoms with van der Waals surface area (Å²) in [7, 11) is -3.49. The number of rotatable bonds is 5. The SMILES string of the molecule is CCC(C)(CC)NS(=O)(=O)c1cc(Cl)c(Br)s1. The van der Waals surface area contributed by atoms with E-state index in [0.29, 0.717) is 8.81 Å². The number of sulfonamides is 1. The van der Waals surface area contributed by atoms with Gasteiger partial charge in [-0.25, -0.2) is 13.1 Å². The van der Waals surface area contributed by atoms with Crippen LogP contribution in [-0.2, 0) is 10.0 Å². The Morgan fingerprint density at radius 2 is 2.00 bits per heavy atom. The fourth-order valence-electron chi connectivity index (χ4n) is 1.23. The monoisotopic (exact) mass is 359 g/mol. The molecule has 0 aliphatic carbocycles. The summed E-state index contributed by atoms with van der Waals surface area (Å²) in [5.41, 5.74) is -0.415. The zero-order chi connectivity index (χ0) is 13.3. The van der Waals surface area contributed by atoms with Crippen LogP contribution in [0, 0.1) is 0 Å². The lowest BCUT2D eigenvalue weighted by Crippen LogP contribution is -2.44. The van der Waals surface area contributed by atoms with Crippen molar-refractivity contribution in [3.8, 4) is 0 Å². The fraction of sp³-hybridized carbons (Fsp3) is 0.600. The number of hydrogen-bond acceptors (Lipinski definition) is 3. The molecule has 0 amide bonds. The molecule has 3 nitrogen and oxygen atoms in total. The molecule has 1 rings (SSSR count). The highest BCUT2D eigenvalue weighted by atomic mass is 79.9. The standard InChI is InChI=1S/C10H15BrClNO2S2/c1-4-10(3,5-2)13-17(14,15)8-6-7(12)9(11)16-8/h6,13H,4-5H2,1-3H3. The molecular weight excluding hydrogens is 346 g/mol. The van der Waals surface area contributed by atoms with Crippen LogP contribution in [0.4, 0.5) is 0 Å². The summed E-state index contributed by atoms with van der Waals surface area (Å²) in [4.78, 5) is 0. The lowest BCUT2D eigenvalue weighted by Gasteiger charge is -2.27. The minimum absolute atomic E-state index is 0.238.